The van der Waals surface area contributed by atoms with Crippen LogP contribution in [0.25, 0.3) is 0 Å². The molecule has 0 amide bonds. The van der Waals surface area contributed by atoms with Crippen LogP contribution in [0.1, 0.15) is 44.9 Å². The van der Waals surface area contributed by atoms with Crippen LogP contribution in [-0.4, -0.2) is 20.8 Å². The van der Waals surface area contributed by atoms with Crippen LogP contribution in [0, 0.1) is 0 Å². The summed E-state index contributed by atoms with van der Waals surface area (Å²) in [6.07, 6.45) is 9.90. The van der Waals surface area contributed by atoms with Crippen molar-refractivity contribution in [1.29, 1.82) is 0 Å². The van der Waals surface area contributed by atoms with Crippen molar-refractivity contribution in [2.24, 2.45) is 7.05 Å². The second-order valence-electron chi connectivity index (χ2n) is 4.16. The smallest absolute Gasteiger partial charge is 0.110 e. The first kappa shape index (κ1) is 12.2. The maximum atomic E-state index is 9.79. The van der Waals surface area contributed by atoms with Gasteiger partial charge in [0.15, 0.2) is 0 Å². The molecule has 3 heteroatoms. The van der Waals surface area contributed by atoms with Crippen molar-refractivity contribution >= 4 is 0 Å². The monoisotopic (exact) mass is 210 g/mol. The standard InChI is InChI=1S/C12H22N2O/c1-3-4-5-6-7-11(15)10-12-13-8-9-14(12)2/h8-9,11,15H,3-7,10H2,1-2H3. The van der Waals surface area contributed by atoms with Crippen molar-refractivity contribution in [1.82, 2.24) is 9.55 Å². The van der Waals surface area contributed by atoms with Crippen molar-refractivity contribution in [3.63, 3.8) is 0 Å². The maximum Gasteiger partial charge on any atom is 0.110 e. The third-order valence-corrected chi connectivity index (χ3v) is 2.73. The summed E-state index contributed by atoms with van der Waals surface area (Å²) in [5, 5.41) is 9.79. The van der Waals surface area contributed by atoms with E-state index in [1.807, 2.05) is 17.8 Å². The molecule has 1 aromatic rings. The molecule has 0 fully saturated rings. The second-order valence-corrected chi connectivity index (χ2v) is 4.16. The van der Waals surface area contributed by atoms with Crippen molar-refractivity contribution in [3.8, 4) is 0 Å². The van der Waals surface area contributed by atoms with E-state index in [-0.39, 0.29) is 6.10 Å². The molecule has 0 saturated heterocycles. The molecule has 0 aliphatic rings. The van der Waals surface area contributed by atoms with Gasteiger partial charge in [-0.3, -0.25) is 0 Å². The SMILES string of the molecule is CCCCCCC(O)Cc1nccn1C. The van der Waals surface area contributed by atoms with E-state index in [0.717, 1.165) is 18.7 Å². The van der Waals surface area contributed by atoms with Crippen LogP contribution in [-0.2, 0) is 13.5 Å². The van der Waals surface area contributed by atoms with Gasteiger partial charge in [-0.15, -0.1) is 0 Å². The van der Waals surface area contributed by atoms with Gasteiger partial charge >= 0.3 is 0 Å². The lowest BCUT2D eigenvalue weighted by molar-refractivity contribution is 0.157. The normalized spacial score (nSPS) is 13.0. The molecule has 15 heavy (non-hydrogen) atoms. The zero-order chi connectivity index (χ0) is 11.1. The first-order valence-corrected chi connectivity index (χ1v) is 5.88. The van der Waals surface area contributed by atoms with Gasteiger partial charge in [-0.25, -0.2) is 4.98 Å². The van der Waals surface area contributed by atoms with Crippen LogP contribution in [0.2, 0.25) is 0 Å². The molecule has 1 heterocycles. The number of rotatable bonds is 7. The molecule has 0 bridgehead atoms. The topological polar surface area (TPSA) is 38.1 Å². The Morgan fingerprint density at radius 2 is 2.20 bits per heavy atom. The lowest BCUT2D eigenvalue weighted by Gasteiger charge is -2.09. The number of imidazole rings is 1. The fourth-order valence-electron chi connectivity index (χ4n) is 1.71. The fourth-order valence-corrected chi connectivity index (χ4v) is 1.71. The van der Waals surface area contributed by atoms with Crippen LogP contribution < -0.4 is 0 Å². The Morgan fingerprint density at radius 1 is 1.40 bits per heavy atom. The van der Waals surface area contributed by atoms with Gasteiger partial charge in [0.05, 0.1) is 6.10 Å². The van der Waals surface area contributed by atoms with E-state index in [2.05, 4.69) is 11.9 Å². The molecule has 0 aliphatic heterocycles. The number of nitrogens with zero attached hydrogens (tertiary/aromatic N) is 2. The van der Waals surface area contributed by atoms with Gasteiger partial charge in [-0.1, -0.05) is 32.6 Å². The molecule has 0 saturated carbocycles. The van der Waals surface area contributed by atoms with Crippen molar-refractivity contribution < 1.29 is 5.11 Å². The van der Waals surface area contributed by atoms with Crippen LogP contribution in [0.15, 0.2) is 12.4 Å². The summed E-state index contributed by atoms with van der Waals surface area (Å²) in [5.41, 5.74) is 0. The summed E-state index contributed by atoms with van der Waals surface area (Å²) in [4.78, 5) is 4.20. The fraction of sp³-hybridized carbons (Fsp3) is 0.750. The van der Waals surface area contributed by atoms with E-state index in [1.54, 1.807) is 6.20 Å². The molecular weight excluding hydrogens is 188 g/mol. The van der Waals surface area contributed by atoms with Gasteiger partial charge in [0.1, 0.15) is 5.82 Å². The average Bonchev–Trinajstić information content (AvgIpc) is 2.59. The predicted molar refractivity (Wildman–Crippen MR) is 61.7 cm³/mol. The molecule has 1 N–H and O–H groups in total. The Morgan fingerprint density at radius 3 is 2.80 bits per heavy atom. The molecule has 1 aromatic heterocycles. The van der Waals surface area contributed by atoms with Gasteiger partial charge in [-0.05, 0) is 6.42 Å². The van der Waals surface area contributed by atoms with Crippen LogP contribution >= 0.6 is 0 Å². The third kappa shape index (κ3) is 4.47. The van der Waals surface area contributed by atoms with Gasteiger partial charge in [0.2, 0.25) is 0 Å². The number of unbranched alkanes of at least 4 members (excludes halogenated alkanes) is 3. The molecule has 1 unspecified atom stereocenters. The van der Waals surface area contributed by atoms with Crippen LogP contribution in [0.4, 0.5) is 0 Å². The largest absolute Gasteiger partial charge is 0.393 e. The Balaban J connectivity index is 2.18. The molecule has 3 nitrogen and oxygen atoms in total. The highest BCUT2D eigenvalue weighted by Crippen LogP contribution is 2.09. The van der Waals surface area contributed by atoms with Gasteiger partial charge < -0.3 is 9.67 Å². The van der Waals surface area contributed by atoms with Crippen molar-refractivity contribution in [2.45, 2.75) is 51.6 Å². The van der Waals surface area contributed by atoms with E-state index in [0.29, 0.717) is 6.42 Å². The number of aliphatic hydroxyl groups excluding tert-OH is 1. The number of aliphatic hydroxyl groups is 1. The van der Waals surface area contributed by atoms with E-state index >= 15 is 0 Å². The molecule has 0 aliphatic carbocycles. The summed E-state index contributed by atoms with van der Waals surface area (Å²) < 4.78 is 1.97. The zero-order valence-electron chi connectivity index (χ0n) is 9.82. The summed E-state index contributed by atoms with van der Waals surface area (Å²) in [5.74, 6) is 0.970. The molecular formula is C12H22N2O. The molecule has 1 atom stereocenters. The Labute approximate surface area is 92.1 Å². The summed E-state index contributed by atoms with van der Waals surface area (Å²) in [6.45, 7) is 2.20. The average molecular weight is 210 g/mol. The van der Waals surface area contributed by atoms with Gasteiger partial charge in [-0.2, -0.15) is 0 Å². The first-order chi connectivity index (χ1) is 7.24. The number of aromatic nitrogens is 2. The number of hydrogen-bond donors (Lipinski definition) is 1. The minimum atomic E-state index is -0.233. The Bertz CT molecular complexity index is 270. The Kier molecular flexibility index (Phi) is 5.40. The third-order valence-electron chi connectivity index (χ3n) is 2.73. The van der Waals surface area contributed by atoms with Crippen LogP contribution in [0.5, 0.6) is 0 Å². The minimum Gasteiger partial charge on any atom is -0.393 e. The van der Waals surface area contributed by atoms with Crippen molar-refractivity contribution in [2.75, 3.05) is 0 Å². The van der Waals surface area contributed by atoms with Crippen LogP contribution in [0.3, 0.4) is 0 Å². The predicted octanol–water partition coefficient (Wildman–Crippen LogP) is 2.29. The maximum absolute atomic E-state index is 9.79. The van der Waals surface area contributed by atoms with Crippen molar-refractivity contribution in [3.05, 3.63) is 18.2 Å². The van der Waals surface area contributed by atoms with E-state index in [4.69, 9.17) is 0 Å². The lowest BCUT2D eigenvalue weighted by Crippen LogP contribution is -2.13. The summed E-state index contributed by atoms with van der Waals surface area (Å²) in [6, 6.07) is 0. The van der Waals surface area contributed by atoms with E-state index in [9.17, 15) is 5.11 Å². The first-order valence-electron chi connectivity index (χ1n) is 5.88. The molecule has 1 rings (SSSR count). The highest BCUT2D eigenvalue weighted by atomic mass is 16.3. The quantitative estimate of drug-likeness (QED) is 0.701. The summed E-state index contributed by atoms with van der Waals surface area (Å²) >= 11 is 0. The second kappa shape index (κ2) is 6.62. The highest BCUT2D eigenvalue weighted by Gasteiger charge is 2.08. The number of hydrogen-bond acceptors (Lipinski definition) is 2. The lowest BCUT2D eigenvalue weighted by atomic mass is 10.1. The molecule has 86 valence electrons. The highest BCUT2D eigenvalue weighted by molar-refractivity contribution is 4.92. The Hall–Kier alpha value is -0.830. The molecule has 0 spiro atoms. The molecule has 0 radical (unpaired) electrons. The summed E-state index contributed by atoms with van der Waals surface area (Å²) in [7, 11) is 1.96. The van der Waals surface area contributed by atoms with E-state index < -0.39 is 0 Å². The van der Waals surface area contributed by atoms with Gasteiger partial charge in [0, 0.05) is 25.9 Å². The van der Waals surface area contributed by atoms with Gasteiger partial charge in [0.25, 0.3) is 0 Å². The van der Waals surface area contributed by atoms with E-state index in [1.165, 1.54) is 19.3 Å². The molecule has 0 aromatic carbocycles. The zero-order valence-corrected chi connectivity index (χ0v) is 9.82. The minimum absolute atomic E-state index is 0.233. The number of aryl methyl sites for hydroxylation is 1.